The summed E-state index contributed by atoms with van der Waals surface area (Å²) in [7, 11) is 0. The average molecular weight is 1220 g/mol. The first-order valence-electron chi connectivity index (χ1n) is 35.8. The highest BCUT2D eigenvalue weighted by Gasteiger charge is 2.45. The van der Waals surface area contributed by atoms with Gasteiger partial charge < -0.3 is 0 Å². The molecular weight excluding hydrogens is 1120 g/mol. The van der Waals surface area contributed by atoms with E-state index in [-0.39, 0.29) is 10.8 Å². The second-order valence-electron chi connectivity index (χ2n) is 26.7. The molecule has 0 bridgehead atoms. The maximum Gasteiger partial charge on any atom is 0.0270 e. The second-order valence-corrected chi connectivity index (χ2v) is 28.7. The summed E-state index contributed by atoms with van der Waals surface area (Å²) in [6, 6.07) is 66.9. The Labute approximate surface area is 552 Å². The summed E-state index contributed by atoms with van der Waals surface area (Å²) in [5.41, 5.74) is 25.1. The van der Waals surface area contributed by atoms with E-state index in [1.54, 1.807) is 44.9 Å². The summed E-state index contributed by atoms with van der Waals surface area (Å²) in [5.74, 6) is 0. The zero-order chi connectivity index (χ0) is 61.8. The van der Waals surface area contributed by atoms with E-state index in [2.05, 4.69) is 233 Å². The van der Waals surface area contributed by atoms with E-state index in [1.807, 2.05) is 0 Å². The molecule has 0 N–H and O–H groups in total. The van der Waals surface area contributed by atoms with Gasteiger partial charge in [-0.15, -0.1) is 22.7 Å². The van der Waals surface area contributed by atoms with Crippen LogP contribution in [-0.4, -0.2) is 0 Å². The molecule has 2 aliphatic rings. The lowest BCUT2D eigenvalue weighted by atomic mass is 9.69. The van der Waals surface area contributed by atoms with Crippen molar-refractivity contribution in [2.45, 2.75) is 218 Å². The number of fused-ring (bicyclic) bond motifs is 6. The maximum absolute atomic E-state index is 2.74. The molecule has 2 aliphatic carbocycles. The molecule has 0 fully saturated rings. The Morgan fingerprint density at radius 2 is 0.567 bits per heavy atom. The van der Waals surface area contributed by atoms with Crippen molar-refractivity contribution in [1.82, 2.24) is 0 Å². The highest BCUT2D eigenvalue weighted by molar-refractivity contribution is 7.11. The molecule has 0 spiro atoms. The third kappa shape index (κ3) is 15.3. The lowest BCUT2D eigenvalue weighted by Gasteiger charge is -2.34. The van der Waals surface area contributed by atoms with E-state index in [0.717, 1.165) is 0 Å². The van der Waals surface area contributed by atoms with E-state index in [4.69, 9.17) is 0 Å². The van der Waals surface area contributed by atoms with Crippen molar-refractivity contribution in [3.8, 4) is 66.8 Å². The molecule has 0 atom stereocenters. The fourth-order valence-corrected chi connectivity index (χ4v) is 16.9. The van der Waals surface area contributed by atoms with Gasteiger partial charge in [-0.1, -0.05) is 315 Å². The Bertz CT molecular complexity index is 3690. The van der Waals surface area contributed by atoms with E-state index in [9.17, 15) is 0 Å². The molecular formula is C88H102S2. The number of hydrogen-bond acceptors (Lipinski definition) is 2. The summed E-state index contributed by atoms with van der Waals surface area (Å²) in [6.07, 6.45) is 45.6. The maximum atomic E-state index is 2.74. The summed E-state index contributed by atoms with van der Waals surface area (Å²) in [4.78, 5) is 2.54. The molecule has 0 aliphatic heterocycles. The topological polar surface area (TPSA) is 0 Å². The van der Waals surface area contributed by atoms with Gasteiger partial charge in [-0.2, -0.15) is 0 Å². The van der Waals surface area contributed by atoms with Gasteiger partial charge >= 0.3 is 0 Å². The first-order valence-corrected chi connectivity index (χ1v) is 37.5. The molecule has 0 saturated carbocycles. The van der Waals surface area contributed by atoms with Gasteiger partial charge in [0.2, 0.25) is 0 Å². The number of benzene rings is 7. The highest BCUT2D eigenvalue weighted by atomic mass is 32.1. The zero-order valence-electron chi connectivity index (χ0n) is 55.2. The van der Waals surface area contributed by atoms with Crippen molar-refractivity contribution in [1.29, 1.82) is 0 Å². The molecule has 0 unspecified atom stereocenters. The largest absolute Gasteiger partial charge is 0.144 e. The molecule has 7 aromatic carbocycles. The van der Waals surface area contributed by atoms with E-state index in [0.29, 0.717) is 0 Å². The molecule has 9 aromatic rings. The lowest BCUT2D eigenvalue weighted by Crippen LogP contribution is -2.26. The number of thiophene rings is 2. The number of hydrogen-bond donors (Lipinski definition) is 0. The van der Waals surface area contributed by atoms with Gasteiger partial charge in [0.15, 0.2) is 0 Å². The van der Waals surface area contributed by atoms with Crippen molar-refractivity contribution in [2.75, 3.05) is 0 Å². The second kappa shape index (κ2) is 32.6. The molecule has 0 saturated heterocycles. The smallest absolute Gasteiger partial charge is 0.0270 e. The van der Waals surface area contributed by atoms with E-state index < -0.39 is 0 Å². The lowest BCUT2D eigenvalue weighted by molar-refractivity contribution is 0.397. The molecule has 2 aromatic heterocycles. The fourth-order valence-electron chi connectivity index (χ4n) is 15.6. The van der Waals surface area contributed by atoms with Gasteiger partial charge in [0.25, 0.3) is 0 Å². The normalized spacial score (nSPS) is 13.6. The van der Waals surface area contributed by atoms with Crippen LogP contribution in [0.3, 0.4) is 0 Å². The van der Waals surface area contributed by atoms with Gasteiger partial charge in [0.05, 0.1) is 0 Å². The summed E-state index contributed by atoms with van der Waals surface area (Å²) < 4.78 is 0. The molecule has 0 amide bonds. The van der Waals surface area contributed by atoms with Crippen LogP contribution in [0.5, 0.6) is 0 Å². The molecule has 466 valence electrons. The van der Waals surface area contributed by atoms with Gasteiger partial charge in [0, 0.05) is 20.6 Å². The van der Waals surface area contributed by atoms with Crippen LogP contribution in [-0.2, 0) is 10.8 Å². The van der Waals surface area contributed by atoms with Crippen LogP contribution in [0.1, 0.15) is 251 Å². The van der Waals surface area contributed by atoms with Crippen molar-refractivity contribution < 1.29 is 0 Å². The van der Waals surface area contributed by atoms with Gasteiger partial charge in [-0.25, -0.2) is 0 Å². The van der Waals surface area contributed by atoms with E-state index in [1.165, 1.54) is 267 Å². The summed E-state index contributed by atoms with van der Waals surface area (Å²) in [6.45, 7) is 9.40. The molecule has 0 radical (unpaired) electrons. The highest BCUT2D eigenvalue weighted by Crippen LogP contribution is 2.59. The minimum atomic E-state index is -0.106. The Kier molecular flexibility index (Phi) is 23.5. The first kappa shape index (κ1) is 64.9. The van der Waals surface area contributed by atoms with Crippen LogP contribution in [0.2, 0.25) is 0 Å². The van der Waals surface area contributed by atoms with Crippen molar-refractivity contribution in [3.63, 3.8) is 0 Å². The minimum Gasteiger partial charge on any atom is -0.144 e. The van der Waals surface area contributed by atoms with Crippen molar-refractivity contribution in [2.24, 2.45) is 0 Å². The van der Waals surface area contributed by atoms with Crippen LogP contribution < -0.4 is 0 Å². The van der Waals surface area contributed by atoms with Crippen LogP contribution in [0.4, 0.5) is 0 Å². The SMILES string of the molecule is CCCCCCCCC1(CCCCCCCC)c2cc(-c3ccccc3)ccc2-c2ccc(-c3ccc4c(c3)C(CCCCCCCC)(CCCCCCCC)c3cc(-c5cc(/C=C/c6cccs6)c(-c6ccccc6)cc5/C=C/c5cccs5)ccc3-4)cc21. The first-order chi connectivity index (χ1) is 44.5. The molecule has 2 heterocycles. The van der Waals surface area contributed by atoms with Gasteiger partial charge in [-0.05, 0) is 197 Å². The zero-order valence-corrected chi connectivity index (χ0v) is 56.9. The molecule has 2 heteroatoms. The minimum absolute atomic E-state index is 0.0274. The Morgan fingerprint density at radius 3 is 0.922 bits per heavy atom. The quantitative estimate of drug-likeness (QED) is 0.0343. The van der Waals surface area contributed by atoms with Crippen LogP contribution in [0, 0.1) is 0 Å². The third-order valence-electron chi connectivity index (χ3n) is 20.5. The number of rotatable bonds is 36. The van der Waals surface area contributed by atoms with Crippen LogP contribution in [0.25, 0.3) is 91.1 Å². The Balaban J connectivity index is 1.05. The fraction of sp³-hybridized carbons (Fsp3) is 0.386. The summed E-state index contributed by atoms with van der Waals surface area (Å²) >= 11 is 3.61. The van der Waals surface area contributed by atoms with Crippen molar-refractivity contribution in [3.05, 3.63) is 224 Å². The average Bonchev–Trinajstić information content (AvgIpc) is 1.57. The number of unbranched alkanes of at least 4 members (excludes halogenated alkanes) is 20. The third-order valence-corrected chi connectivity index (χ3v) is 22.2. The Hall–Kier alpha value is -6.58. The standard InChI is InChI=1S/C88H102S2/c1-5-9-13-17-21-31-55-87(56-32-22-18-14-10-6-2)83-63-69(67-37-27-25-28-38-67)45-51-77(83)78-52-46-70(64-84(78)87)71-47-53-79-80-54-48-74(66-86(80)88(85(79)65-71,57-33-23-19-15-11-7-3)58-34-24-20-16-12-8-4)82-62-72(43-49-75-41-35-59-89-75)81(68-39-29-26-30-40-68)61-73(82)44-50-76-42-36-60-90-76/h25-30,35-54,59-66H,5-24,31-34,55-58H2,1-4H3/b49-43+,50-44+. The van der Waals surface area contributed by atoms with Crippen LogP contribution in [0.15, 0.2) is 181 Å². The predicted molar refractivity (Wildman–Crippen MR) is 399 cm³/mol. The summed E-state index contributed by atoms with van der Waals surface area (Å²) in [5, 5.41) is 4.38. The predicted octanol–water partition coefficient (Wildman–Crippen LogP) is 28.4. The Morgan fingerprint density at radius 1 is 0.256 bits per heavy atom. The van der Waals surface area contributed by atoms with E-state index >= 15 is 0 Å². The molecule has 11 rings (SSSR count). The monoisotopic (exact) mass is 1220 g/mol. The molecule has 0 nitrogen and oxygen atoms in total. The molecule has 90 heavy (non-hydrogen) atoms. The van der Waals surface area contributed by atoms with Gasteiger partial charge in [-0.3, -0.25) is 0 Å². The van der Waals surface area contributed by atoms with Gasteiger partial charge in [0.1, 0.15) is 0 Å². The van der Waals surface area contributed by atoms with Crippen LogP contribution >= 0.6 is 22.7 Å². The van der Waals surface area contributed by atoms with Crippen molar-refractivity contribution >= 4 is 47.0 Å².